The van der Waals surface area contributed by atoms with Crippen molar-refractivity contribution in [3.05, 3.63) is 51.2 Å². The quantitative estimate of drug-likeness (QED) is 0.854. The van der Waals surface area contributed by atoms with E-state index in [-0.39, 0.29) is 22.4 Å². The van der Waals surface area contributed by atoms with Gasteiger partial charge in [-0.1, -0.05) is 0 Å². The fraction of sp³-hybridized carbons (Fsp3) is 0.154. The zero-order valence-corrected chi connectivity index (χ0v) is 11.6. The van der Waals surface area contributed by atoms with Gasteiger partial charge in [-0.3, -0.25) is 0 Å². The first-order chi connectivity index (χ1) is 9.00. The Morgan fingerprint density at radius 2 is 2.16 bits per heavy atom. The topological polar surface area (TPSA) is 37.3 Å². The molecule has 0 aliphatic heterocycles. The van der Waals surface area contributed by atoms with Crippen molar-refractivity contribution >= 4 is 29.1 Å². The molecule has 1 N–H and O–H groups in total. The number of rotatable bonds is 4. The molecule has 2 nitrogen and oxygen atoms in total. The van der Waals surface area contributed by atoms with Crippen LogP contribution in [0.25, 0.3) is 0 Å². The van der Waals surface area contributed by atoms with Crippen molar-refractivity contribution in [3.63, 3.8) is 0 Å². The molecule has 0 fully saturated rings. The molecule has 100 valence electrons. The molecule has 2 aromatic rings. The maximum atomic E-state index is 13.9. The zero-order chi connectivity index (χ0) is 14.0. The van der Waals surface area contributed by atoms with Crippen molar-refractivity contribution < 1.29 is 18.7 Å². The molecule has 0 saturated heterocycles. The molecule has 0 amide bonds. The van der Waals surface area contributed by atoms with E-state index in [1.165, 1.54) is 36.1 Å². The van der Waals surface area contributed by atoms with Gasteiger partial charge in [0.2, 0.25) is 0 Å². The number of carboxylic acids is 1. The molecule has 0 aliphatic rings. The summed E-state index contributed by atoms with van der Waals surface area (Å²) in [5, 5.41) is 12.8. The SMILES string of the molecule is Cc1cc(C(=O)O)c(CSc2ccsc2)c(F)c1F. The molecule has 0 saturated carbocycles. The lowest BCUT2D eigenvalue weighted by atomic mass is 10.0. The number of carbonyl (C=O) groups is 1. The van der Waals surface area contributed by atoms with Crippen LogP contribution < -0.4 is 0 Å². The van der Waals surface area contributed by atoms with Crippen LogP contribution in [0.15, 0.2) is 27.8 Å². The molecule has 0 atom stereocenters. The van der Waals surface area contributed by atoms with Gasteiger partial charge in [0.25, 0.3) is 0 Å². The molecule has 0 radical (unpaired) electrons. The lowest BCUT2D eigenvalue weighted by Crippen LogP contribution is -2.07. The average molecular weight is 300 g/mol. The number of hydrogen-bond acceptors (Lipinski definition) is 3. The Hall–Kier alpha value is -1.40. The third-order valence-corrected chi connectivity index (χ3v) is 4.45. The summed E-state index contributed by atoms with van der Waals surface area (Å²) in [4.78, 5) is 12.0. The summed E-state index contributed by atoms with van der Waals surface area (Å²) in [5.41, 5.74) is -0.287. The maximum Gasteiger partial charge on any atom is 0.336 e. The van der Waals surface area contributed by atoms with E-state index in [9.17, 15) is 13.6 Å². The highest BCUT2D eigenvalue weighted by molar-refractivity contribution is 7.98. The van der Waals surface area contributed by atoms with Crippen LogP contribution in [-0.2, 0) is 5.75 Å². The third kappa shape index (κ3) is 2.96. The van der Waals surface area contributed by atoms with Crippen molar-refractivity contribution in [2.45, 2.75) is 17.6 Å². The van der Waals surface area contributed by atoms with Crippen LogP contribution in [0.4, 0.5) is 8.78 Å². The number of aryl methyl sites for hydroxylation is 1. The molecular formula is C13H10F2O2S2. The van der Waals surface area contributed by atoms with Gasteiger partial charge >= 0.3 is 5.97 Å². The summed E-state index contributed by atoms with van der Waals surface area (Å²) in [6, 6.07) is 3.02. The number of hydrogen-bond donors (Lipinski definition) is 1. The number of thiophene rings is 1. The number of halogens is 2. The first-order valence-corrected chi connectivity index (χ1v) is 7.29. The second-order valence-electron chi connectivity index (χ2n) is 3.90. The summed E-state index contributed by atoms with van der Waals surface area (Å²) in [6.45, 7) is 1.35. The van der Waals surface area contributed by atoms with Gasteiger partial charge in [0.15, 0.2) is 11.6 Å². The minimum Gasteiger partial charge on any atom is -0.478 e. The highest BCUT2D eigenvalue weighted by Crippen LogP contribution is 2.29. The predicted octanol–water partition coefficient (Wildman–Crippen LogP) is 4.33. The van der Waals surface area contributed by atoms with Gasteiger partial charge in [-0.25, -0.2) is 13.6 Å². The van der Waals surface area contributed by atoms with Gasteiger partial charge < -0.3 is 5.11 Å². The van der Waals surface area contributed by atoms with E-state index in [2.05, 4.69) is 0 Å². The standard InChI is InChI=1S/C13H10F2O2S2/c1-7-4-9(13(16)17)10(12(15)11(7)14)6-19-8-2-3-18-5-8/h2-5H,6H2,1H3,(H,16,17). The molecule has 0 bridgehead atoms. The maximum absolute atomic E-state index is 13.9. The summed E-state index contributed by atoms with van der Waals surface area (Å²) in [6.07, 6.45) is 0. The van der Waals surface area contributed by atoms with E-state index in [0.717, 1.165) is 4.90 Å². The fourth-order valence-electron chi connectivity index (χ4n) is 1.61. The normalized spacial score (nSPS) is 10.7. The minimum atomic E-state index is -1.25. The van der Waals surface area contributed by atoms with Crippen LogP contribution in [0.1, 0.15) is 21.5 Å². The van der Waals surface area contributed by atoms with Crippen LogP contribution in [0.2, 0.25) is 0 Å². The molecule has 1 aromatic heterocycles. The third-order valence-electron chi connectivity index (χ3n) is 2.60. The van der Waals surface area contributed by atoms with Gasteiger partial charge in [-0.15, -0.1) is 11.8 Å². The van der Waals surface area contributed by atoms with Crippen LogP contribution in [0, 0.1) is 18.6 Å². The highest BCUT2D eigenvalue weighted by atomic mass is 32.2. The van der Waals surface area contributed by atoms with E-state index in [0.29, 0.717) is 0 Å². The van der Waals surface area contributed by atoms with Crippen LogP contribution in [0.5, 0.6) is 0 Å². The summed E-state index contributed by atoms with van der Waals surface area (Å²) >= 11 is 2.77. The second-order valence-corrected chi connectivity index (χ2v) is 5.73. The van der Waals surface area contributed by atoms with Gasteiger partial charge in [-0.05, 0) is 30.0 Å². The van der Waals surface area contributed by atoms with Crippen molar-refractivity contribution in [1.29, 1.82) is 0 Å². The molecular weight excluding hydrogens is 290 g/mol. The highest BCUT2D eigenvalue weighted by Gasteiger charge is 2.20. The fourth-order valence-corrected chi connectivity index (χ4v) is 3.41. The van der Waals surface area contributed by atoms with Crippen LogP contribution in [-0.4, -0.2) is 11.1 Å². The van der Waals surface area contributed by atoms with E-state index < -0.39 is 17.6 Å². The Morgan fingerprint density at radius 3 is 2.74 bits per heavy atom. The van der Waals surface area contributed by atoms with E-state index in [4.69, 9.17) is 5.11 Å². The minimum absolute atomic E-state index is 0.000756. The number of aromatic carboxylic acids is 1. The molecule has 1 aromatic carbocycles. The first kappa shape index (κ1) is 14.0. The Balaban J connectivity index is 2.37. The average Bonchev–Trinajstić information content (AvgIpc) is 2.87. The number of carboxylic acid groups (broad SMARTS) is 1. The Bertz CT molecular complexity index is 610. The summed E-state index contributed by atoms with van der Waals surface area (Å²) in [5.74, 6) is -3.21. The van der Waals surface area contributed by atoms with Crippen LogP contribution in [0.3, 0.4) is 0 Å². The van der Waals surface area contributed by atoms with Gasteiger partial charge in [0.1, 0.15) is 0 Å². The predicted molar refractivity (Wildman–Crippen MR) is 71.9 cm³/mol. The van der Waals surface area contributed by atoms with Crippen molar-refractivity contribution in [3.8, 4) is 0 Å². The molecule has 0 unspecified atom stereocenters. The lowest BCUT2D eigenvalue weighted by Gasteiger charge is -2.09. The van der Waals surface area contributed by atoms with E-state index >= 15 is 0 Å². The summed E-state index contributed by atoms with van der Waals surface area (Å²) in [7, 11) is 0. The van der Waals surface area contributed by atoms with Crippen molar-refractivity contribution in [2.75, 3.05) is 0 Å². The van der Waals surface area contributed by atoms with Gasteiger partial charge in [0.05, 0.1) is 5.56 Å². The van der Waals surface area contributed by atoms with E-state index in [1.807, 2.05) is 16.8 Å². The monoisotopic (exact) mass is 300 g/mol. The molecule has 0 spiro atoms. The Morgan fingerprint density at radius 1 is 1.42 bits per heavy atom. The molecule has 1 heterocycles. The Labute approximate surface area is 117 Å². The molecule has 2 rings (SSSR count). The Kier molecular flexibility index (Phi) is 4.21. The second kappa shape index (κ2) is 5.71. The van der Waals surface area contributed by atoms with Gasteiger partial charge in [-0.2, -0.15) is 11.3 Å². The molecule has 6 heteroatoms. The first-order valence-electron chi connectivity index (χ1n) is 5.36. The smallest absolute Gasteiger partial charge is 0.336 e. The van der Waals surface area contributed by atoms with Crippen molar-refractivity contribution in [1.82, 2.24) is 0 Å². The number of benzene rings is 1. The van der Waals surface area contributed by atoms with Crippen LogP contribution >= 0.6 is 23.1 Å². The molecule has 19 heavy (non-hydrogen) atoms. The van der Waals surface area contributed by atoms with E-state index in [1.54, 1.807) is 0 Å². The largest absolute Gasteiger partial charge is 0.478 e. The summed E-state index contributed by atoms with van der Waals surface area (Å²) < 4.78 is 27.4. The zero-order valence-electron chi connectivity index (χ0n) is 9.94. The lowest BCUT2D eigenvalue weighted by molar-refractivity contribution is 0.0695. The van der Waals surface area contributed by atoms with Crippen molar-refractivity contribution in [2.24, 2.45) is 0 Å². The molecule has 0 aliphatic carbocycles. The number of thioether (sulfide) groups is 1. The van der Waals surface area contributed by atoms with Gasteiger partial charge in [0, 0.05) is 21.6 Å².